The van der Waals surface area contributed by atoms with Gasteiger partial charge in [0.1, 0.15) is 11.2 Å². The molecule has 0 aliphatic rings. The molecule has 0 atom stereocenters. The van der Waals surface area contributed by atoms with E-state index < -0.39 is 0 Å². The van der Waals surface area contributed by atoms with Gasteiger partial charge in [-0.25, -0.2) is 0 Å². The molecule has 0 saturated heterocycles. The van der Waals surface area contributed by atoms with E-state index in [4.69, 9.17) is 4.42 Å². The molecule has 3 heterocycles. The Morgan fingerprint density at radius 1 is 0.375 bits per heavy atom. The van der Waals surface area contributed by atoms with Crippen LogP contribution in [0.15, 0.2) is 192 Å². The number of thiophene rings is 2. The van der Waals surface area contributed by atoms with Crippen LogP contribution in [0.4, 0.5) is 17.1 Å². The molecule has 0 aliphatic carbocycles. The molecule has 0 amide bonds. The highest BCUT2D eigenvalue weighted by molar-refractivity contribution is 7.26. The molecule has 4 heteroatoms. The summed E-state index contributed by atoms with van der Waals surface area (Å²) in [4.78, 5) is 2.41. The molecule has 0 spiro atoms. The predicted octanol–water partition coefficient (Wildman–Crippen LogP) is 16.3. The Balaban J connectivity index is 0.995. The number of nitrogens with zero attached hydrogens (tertiary/aromatic N) is 1. The number of fused-ring (bicyclic) bond motifs is 11. The standard InChI is InChI=1S/C52H31NOS2/c1-2-10-35-31-36(20-19-32(35)9-1)33-21-25-37(26-22-33)53(45-16-8-15-43-40-11-3-5-17-46(40)56-52(43)45)38-27-23-34(24-28-38)39-13-7-14-41-42-29-30-48-49(51(42)54-50(39)41)44-12-4-6-18-47(44)55-48/h1-31H. The van der Waals surface area contributed by atoms with Crippen molar-refractivity contribution in [1.29, 1.82) is 0 Å². The maximum atomic E-state index is 6.88. The average molecular weight is 750 g/mol. The maximum absolute atomic E-state index is 6.88. The second-order valence-corrected chi connectivity index (χ2v) is 16.6. The molecular formula is C52H31NOS2. The summed E-state index contributed by atoms with van der Waals surface area (Å²) in [5.74, 6) is 0. The van der Waals surface area contributed by atoms with Crippen LogP contribution in [0.5, 0.6) is 0 Å². The number of furan rings is 1. The van der Waals surface area contributed by atoms with E-state index in [-0.39, 0.29) is 0 Å². The van der Waals surface area contributed by atoms with Gasteiger partial charge >= 0.3 is 0 Å². The lowest BCUT2D eigenvalue weighted by atomic mass is 10.00. The zero-order chi connectivity index (χ0) is 36.7. The third-order valence-corrected chi connectivity index (χ3v) is 13.6. The van der Waals surface area contributed by atoms with E-state index in [1.807, 2.05) is 22.7 Å². The van der Waals surface area contributed by atoms with E-state index in [9.17, 15) is 0 Å². The summed E-state index contributed by atoms with van der Waals surface area (Å²) in [6, 6.07) is 68.4. The molecule has 56 heavy (non-hydrogen) atoms. The minimum atomic E-state index is 0.925. The van der Waals surface area contributed by atoms with Crippen LogP contribution in [0.1, 0.15) is 0 Å². The summed E-state index contributed by atoms with van der Waals surface area (Å²) in [6.07, 6.45) is 0. The summed E-state index contributed by atoms with van der Waals surface area (Å²) < 4.78 is 12.0. The van der Waals surface area contributed by atoms with Gasteiger partial charge in [-0.15, -0.1) is 22.7 Å². The van der Waals surface area contributed by atoms with E-state index in [1.165, 1.54) is 67.9 Å². The van der Waals surface area contributed by atoms with E-state index in [0.29, 0.717) is 0 Å². The zero-order valence-electron chi connectivity index (χ0n) is 30.1. The Kier molecular flexibility index (Phi) is 7.00. The fourth-order valence-corrected chi connectivity index (χ4v) is 10.9. The van der Waals surface area contributed by atoms with Crippen molar-refractivity contribution < 1.29 is 4.42 Å². The quantitative estimate of drug-likeness (QED) is 0.174. The highest BCUT2D eigenvalue weighted by Gasteiger charge is 2.20. The normalized spacial score (nSPS) is 11.9. The summed E-state index contributed by atoms with van der Waals surface area (Å²) in [6.45, 7) is 0. The summed E-state index contributed by atoms with van der Waals surface area (Å²) >= 11 is 3.68. The van der Waals surface area contributed by atoms with Gasteiger partial charge < -0.3 is 9.32 Å². The molecule has 0 fully saturated rings. The van der Waals surface area contributed by atoms with Crippen molar-refractivity contribution in [1.82, 2.24) is 0 Å². The molecule has 0 aliphatic heterocycles. The van der Waals surface area contributed by atoms with Gasteiger partial charge in [0.2, 0.25) is 0 Å². The Hall–Kier alpha value is -6.72. The lowest BCUT2D eigenvalue weighted by Gasteiger charge is -2.26. The van der Waals surface area contributed by atoms with Gasteiger partial charge in [0, 0.05) is 63.4 Å². The zero-order valence-corrected chi connectivity index (χ0v) is 31.7. The smallest absolute Gasteiger partial charge is 0.144 e. The minimum Gasteiger partial charge on any atom is -0.455 e. The molecular weight excluding hydrogens is 719 g/mol. The molecule has 9 aromatic carbocycles. The van der Waals surface area contributed by atoms with Crippen molar-refractivity contribution in [2.75, 3.05) is 4.90 Å². The molecule has 0 saturated carbocycles. The molecule has 12 rings (SSSR count). The van der Waals surface area contributed by atoms with Crippen molar-refractivity contribution in [3.63, 3.8) is 0 Å². The Morgan fingerprint density at radius 2 is 1.00 bits per heavy atom. The van der Waals surface area contributed by atoms with Crippen molar-refractivity contribution in [2.24, 2.45) is 0 Å². The molecule has 262 valence electrons. The largest absolute Gasteiger partial charge is 0.455 e. The van der Waals surface area contributed by atoms with Crippen molar-refractivity contribution in [3.05, 3.63) is 188 Å². The van der Waals surface area contributed by atoms with E-state index in [0.717, 1.165) is 44.4 Å². The molecule has 2 nitrogen and oxygen atoms in total. The van der Waals surface area contributed by atoms with Gasteiger partial charge in [0.25, 0.3) is 0 Å². The highest BCUT2D eigenvalue weighted by atomic mass is 32.1. The van der Waals surface area contributed by atoms with Crippen molar-refractivity contribution in [2.45, 2.75) is 0 Å². The van der Waals surface area contributed by atoms with Crippen molar-refractivity contribution in [3.8, 4) is 22.3 Å². The maximum Gasteiger partial charge on any atom is 0.144 e. The monoisotopic (exact) mass is 749 g/mol. The minimum absolute atomic E-state index is 0.925. The molecule has 12 aromatic rings. The number of hydrogen-bond acceptors (Lipinski definition) is 4. The molecule has 3 aromatic heterocycles. The number of hydrogen-bond donors (Lipinski definition) is 0. The topological polar surface area (TPSA) is 16.4 Å². The second-order valence-electron chi connectivity index (χ2n) is 14.4. The van der Waals surface area contributed by atoms with Gasteiger partial charge in [0.05, 0.1) is 10.4 Å². The third-order valence-electron chi connectivity index (χ3n) is 11.3. The first-order valence-electron chi connectivity index (χ1n) is 18.9. The van der Waals surface area contributed by atoms with Gasteiger partial charge in [-0.2, -0.15) is 0 Å². The van der Waals surface area contributed by atoms with Crippen LogP contribution in [-0.2, 0) is 0 Å². The van der Waals surface area contributed by atoms with Crippen LogP contribution in [0, 0.1) is 0 Å². The molecule has 0 N–H and O–H groups in total. The first-order chi connectivity index (χ1) is 27.7. The van der Waals surface area contributed by atoms with Crippen LogP contribution >= 0.6 is 22.7 Å². The van der Waals surface area contributed by atoms with Crippen LogP contribution in [-0.4, -0.2) is 0 Å². The van der Waals surface area contributed by atoms with Crippen LogP contribution in [0.25, 0.3) is 95.3 Å². The number of para-hydroxylation sites is 1. The third kappa shape index (κ3) is 4.86. The first kappa shape index (κ1) is 31.6. The first-order valence-corrected chi connectivity index (χ1v) is 20.5. The van der Waals surface area contributed by atoms with E-state index in [1.54, 1.807) is 0 Å². The lowest BCUT2D eigenvalue weighted by molar-refractivity contribution is 0.674. The van der Waals surface area contributed by atoms with Gasteiger partial charge in [-0.05, 0) is 88.1 Å². The summed E-state index contributed by atoms with van der Waals surface area (Å²) in [7, 11) is 0. The molecule has 0 radical (unpaired) electrons. The van der Waals surface area contributed by atoms with Crippen molar-refractivity contribution >= 4 is 113 Å². The Labute approximate surface area is 330 Å². The molecule has 0 unspecified atom stereocenters. The van der Waals surface area contributed by atoms with E-state index in [2.05, 4.69) is 193 Å². The van der Waals surface area contributed by atoms with Gasteiger partial charge in [-0.1, -0.05) is 127 Å². The Morgan fingerprint density at radius 3 is 1.82 bits per heavy atom. The number of anilines is 3. The van der Waals surface area contributed by atoms with Crippen LogP contribution in [0.3, 0.4) is 0 Å². The fourth-order valence-electron chi connectivity index (χ4n) is 8.59. The van der Waals surface area contributed by atoms with Crippen LogP contribution in [0.2, 0.25) is 0 Å². The predicted molar refractivity (Wildman–Crippen MR) is 243 cm³/mol. The van der Waals surface area contributed by atoms with Gasteiger partial charge in [-0.3, -0.25) is 0 Å². The SMILES string of the molecule is c1ccc2cc(-c3ccc(N(c4ccc(-c5cccc6c5oc5c6ccc6sc7ccccc7c65)cc4)c4cccc5c4sc4ccccc45)cc3)ccc2c1. The fraction of sp³-hybridized carbons (Fsp3) is 0. The summed E-state index contributed by atoms with van der Waals surface area (Å²) in [5, 5.41) is 9.83. The van der Waals surface area contributed by atoms with E-state index >= 15 is 0 Å². The Bertz CT molecular complexity index is 3480. The summed E-state index contributed by atoms with van der Waals surface area (Å²) in [5.41, 5.74) is 9.89. The average Bonchev–Trinajstić information content (AvgIpc) is 3.96. The van der Waals surface area contributed by atoms with Crippen LogP contribution < -0.4 is 4.90 Å². The number of rotatable bonds is 5. The lowest BCUT2D eigenvalue weighted by Crippen LogP contribution is -2.10. The number of benzene rings is 9. The van der Waals surface area contributed by atoms with Gasteiger partial charge in [0.15, 0.2) is 0 Å². The highest BCUT2D eigenvalue weighted by Crippen LogP contribution is 2.47. The second kappa shape index (κ2) is 12.4. The molecule has 0 bridgehead atoms.